The maximum atomic E-state index is 11.8. The molecule has 0 aromatic carbocycles. The first-order valence-electron chi connectivity index (χ1n) is 5.08. The van der Waals surface area contributed by atoms with Gasteiger partial charge in [-0.05, 0) is 12.5 Å². The van der Waals surface area contributed by atoms with E-state index >= 15 is 0 Å². The molecule has 4 nitrogen and oxygen atoms in total. The van der Waals surface area contributed by atoms with Crippen LogP contribution < -0.4 is 5.32 Å². The van der Waals surface area contributed by atoms with Crippen LogP contribution in [0.5, 0.6) is 0 Å². The van der Waals surface area contributed by atoms with Gasteiger partial charge in [0.1, 0.15) is 0 Å². The molecule has 0 saturated heterocycles. The number of aromatic nitrogens is 1. The van der Waals surface area contributed by atoms with E-state index < -0.39 is 0 Å². The molecule has 5 heteroatoms. The monoisotopic (exact) mass is 242 g/mol. The lowest BCUT2D eigenvalue weighted by Gasteiger charge is -2.16. The fourth-order valence-electron chi connectivity index (χ4n) is 1.27. The molecule has 0 aliphatic heterocycles. The summed E-state index contributed by atoms with van der Waals surface area (Å²) in [4.78, 5) is 15.7. The van der Waals surface area contributed by atoms with Crippen LogP contribution in [0.3, 0.4) is 0 Å². The molecular weight excluding hydrogens is 228 g/mol. The second-order valence-electron chi connectivity index (χ2n) is 3.39. The number of hydrogen-bond acceptors (Lipinski definition) is 3. The summed E-state index contributed by atoms with van der Waals surface area (Å²) in [7, 11) is 1.60. The molecule has 1 rings (SSSR count). The maximum absolute atomic E-state index is 11.8. The van der Waals surface area contributed by atoms with Crippen molar-refractivity contribution >= 4 is 17.5 Å². The maximum Gasteiger partial charge on any atom is 0.254 e. The van der Waals surface area contributed by atoms with Gasteiger partial charge in [-0.25, -0.2) is 0 Å². The van der Waals surface area contributed by atoms with Gasteiger partial charge in [-0.3, -0.25) is 9.78 Å². The van der Waals surface area contributed by atoms with Gasteiger partial charge >= 0.3 is 0 Å². The van der Waals surface area contributed by atoms with Crippen LogP contribution in [-0.2, 0) is 4.74 Å². The first-order valence-corrected chi connectivity index (χ1v) is 5.46. The van der Waals surface area contributed by atoms with Crippen molar-refractivity contribution in [2.45, 2.75) is 19.4 Å². The molecule has 88 valence electrons. The number of methoxy groups -OCH3 is 1. The van der Waals surface area contributed by atoms with Crippen LogP contribution in [0.15, 0.2) is 18.5 Å². The van der Waals surface area contributed by atoms with E-state index in [0.29, 0.717) is 17.2 Å². The van der Waals surface area contributed by atoms with E-state index in [1.807, 2.05) is 6.92 Å². The summed E-state index contributed by atoms with van der Waals surface area (Å²) in [6.45, 7) is 2.47. The molecule has 0 aliphatic rings. The fourth-order valence-corrected chi connectivity index (χ4v) is 1.46. The molecule has 16 heavy (non-hydrogen) atoms. The highest BCUT2D eigenvalue weighted by molar-refractivity contribution is 6.33. The van der Waals surface area contributed by atoms with E-state index in [9.17, 15) is 4.79 Å². The van der Waals surface area contributed by atoms with Crippen LogP contribution in [0.2, 0.25) is 5.02 Å². The highest BCUT2D eigenvalue weighted by Crippen LogP contribution is 2.13. The molecule has 1 heterocycles. The number of nitrogens with zero attached hydrogens (tertiary/aromatic N) is 1. The Kier molecular flexibility index (Phi) is 5.22. The molecule has 0 spiro atoms. The van der Waals surface area contributed by atoms with Crippen molar-refractivity contribution in [3.05, 3.63) is 29.0 Å². The molecule has 0 saturated carbocycles. The lowest BCUT2D eigenvalue weighted by Crippen LogP contribution is -2.37. The van der Waals surface area contributed by atoms with E-state index in [0.717, 1.165) is 6.42 Å². The van der Waals surface area contributed by atoms with Crippen molar-refractivity contribution in [1.82, 2.24) is 10.3 Å². The van der Waals surface area contributed by atoms with Gasteiger partial charge in [-0.2, -0.15) is 0 Å². The molecule has 1 unspecified atom stereocenters. The number of carbonyl (C=O) groups excluding carboxylic acids is 1. The highest BCUT2D eigenvalue weighted by atomic mass is 35.5. The summed E-state index contributed by atoms with van der Waals surface area (Å²) in [5, 5.41) is 3.24. The Labute approximate surface area is 100.0 Å². The minimum absolute atomic E-state index is 0.00577. The number of amides is 1. The first-order chi connectivity index (χ1) is 7.69. The van der Waals surface area contributed by atoms with Crippen LogP contribution in [0.1, 0.15) is 23.7 Å². The van der Waals surface area contributed by atoms with Gasteiger partial charge in [0.05, 0.1) is 23.2 Å². The topological polar surface area (TPSA) is 51.2 Å². The SMILES string of the molecule is CCC(COC)NC(=O)c1cnccc1Cl. The first kappa shape index (κ1) is 12.9. The Hall–Kier alpha value is -1.13. The van der Waals surface area contributed by atoms with Gasteiger partial charge in [-0.1, -0.05) is 18.5 Å². The number of ether oxygens (including phenoxy) is 1. The van der Waals surface area contributed by atoms with Crippen LogP contribution in [0.4, 0.5) is 0 Å². The normalized spacial score (nSPS) is 12.2. The third kappa shape index (κ3) is 3.47. The van der Waals surface area contributed by atoms with Crippen molar-refractivity contribution in [1.29, 1.82) is 0 Å². The highest BCUT2D eigenvalue weighted by Gasteiger charge is 2.14. The lowest BCUT2D eigenvalue weighted by molar-refractivity contribution is 0.0894. The Bertz CT molecular complexity index is 358. The molecule has 1 atom stereocenters. The summed E-state index contributed by atoms with van der Waals surface area (Å²) >= 11 is 5.89. The van der Waals surface area contributed by atoms with Crippen molar-refractivity contribution < 1.29 is 9.53 Å². The number of rotatable bonds is 5. The zero-order valence-corrected chi connectivity index (χ0v) is 10.1. The fraction of sp³-hybridized carbons (Fsp3) is 0.455. The van der Waals surface area contributed by atoms with E-state index in [-0.39, 0.29) is 11.9 Å². The average molecular weight is 243 g/mol. The lowest BCUT2D eigenvalue weighted by atomic mass is 10.2. The quantitative estimate of drug-likeness (QED) is 0.858. The van der Waals surface area contributed by atoms with Gasteiger partial charge in [0.2, 0.25) is 0 Å². The smallest absolute Gasteiger partial charge is 0.254 e. The van der Waals surface area contributed by atoms with Crippen molar-refractivity contribution in [2.75, 3.05) is 13.7 Å². The summed E-state index contributed by atoms with van der Waals surface area (Å²) in [6, 6.07) is 1.59. The van der Waals surface area contributed by atoms with Gasteiger partial charge in [0.25, 0.3) is 5.91 Å². The summed E-state index contributed by atoms with van der Waals surface area (Å²) in [6.07, 6.45) is 3.81. The number of pyridine rings is 1. The third-order valence-electron chi connectivity index (χ3n) is 2.21. The predicted octanol–water partition coefficient (Wildman–Crippen LogP) is 1.89. The minimum atomic E-state index is -0.220. The van der Waals surface area contributed by atoms with Crippen molar-refractivity contribution in [3.8, 4) is 0 Å². The zero-order chi connectivity index (χ0) is 12.0. The second kappa shape index (κ2) is 6.45. The Morgan fingerprint density at radius 3 is 3.00 bits per heavy atom. The summed E-state index contributed by atoms with van der Waals surface area (Å²) < 4.78 is 5.00. The largest absolute Gasteiger partial charge is 0.383 e. The molecule has 0 fully saturated rings. The van der Waals surface area contributed by atoms with Crippen LogP contribution in [0, 0.1) is 0 Å². The predicted molar refractivity (Wildman–Crippen MR) is 62.7 cm³/mol. The minimum Gasteiger partial charge on any atom is -0.383 e. The van der Waals surface area contributed by atoms with Crippen LogP contribution in [-0.4, -0.2) is 30.6 Å². The third-order valence-corrected chi connectivity index (χ3v) is 2.54. The Morgan fingerprint density at radius 2 is 2.44 bits per heavy atom. The zero-order valence-electron chi connectivity index (χ0n) is 9.37. The number of halogens is 1. The molecule has 0 bridgehead atoms. The van der Waals surface area contributed by atoms with Crippen molar-refractivity contribution in [2.24, 2.45) is 0 Å². The van der Waals surface area contributed by atoms with E-state index in [1.54, 1.807) is 19.4 Å². The molecule has 0 radical (unpaired) electrons. The average Bonchev–Trinajstić information content (AvgIpc) is 2.28. The molecular formula is C11H15ClN2O2. The summed E-state index contributed by atoms with van der Waals surface area (Å²) in [5.41, 5.74) is 0.388. The van der Waals surface area contributed by atoms with Gasteiger partial charge in [-0.15, -0.1) is 0 Å². The van der Waals surface area contributed by atoms with Gasteiger partial charge < -0.3 is 10.1 Å². The molecule has 1 aromatic rings. The Balaban J connectivity index is 2.68. The van der Waals surface area contributed by atoms with E-state index in [2.05, 4.69) is 10.3 Å². The molecule has 1 amide bonds. The van der Waals surface area contributed by atoms with Crippen LogP contribution >= 0.6 is 11.6 Å². The van der Waals surface area contributed by atoms with E-state index in [1.165, 1.54) is 6.20 Å². The Morgan fingerprint density at radius 1 is 1.69 bits per heavy atom. The van der Waals surface area contributed by atoms with E-state index in [4.69, 9.17) is 16.3 Å². The second-order valence-corrected chi connectivity index (χ2v) is 3.80. The molecule has 0 aliphatic carbocycles. The van der Waals surface area contributed by atoms with Crippen LogP contribution in [0.25, 0.3) is 0 Å². The van der Waals surface area contributed by atoms with Gasteiger partial charge in [0.15, 0.2) is 0 Å². The molecule has 1 aromatic heterocycles. The number of nitrogens with one attached hydrogen (secondary N) is 1. The summed E-state index contributed by atoms with van der Waals surface area (Å²) in [5.74, 6) is -0.220. The van der Waals surface area contributed by atoms with Crippen molar-refractivity contribution in [3.63, 3.8) is 0 Å². The van der Waals surface area contributed by atoms with Gasteiger partial charge in [0, 0.05) is 19.5 Å². The standard InChI is InChI=1S/C11H15ClN2O2/c1-3-8(7-16-2)14-11(15)9-6-13-5-4-10(9)12/h4-6,8H,3,7H2,1-2H3,(H,14,15). The molecule has 1 N–H and O–H groups in total. The number of carbonyl (C=O) groups is 1. The number of hydrogen-bond donors (Lipinski definition) is 1.